The average Bonchev–Trinajstić information content (AvgIpc) is 2.52. The van der Waals surface area contributed by atoms with Gasteiger partial charge in [-0.2, -0.15) is 0 Å². The van der Waals surface area contributed by atoms with Gasteiger partial charge in [0.05, 0.1) is 10.6 Å². The van der Waals surface area contributed by atoms with Gasteiger partial charge in [-0.15, -0.1) is 13.2 Å². The van der Waals surface area contributed by atoms with E-state index in [-0.39, 0.29) is 11.4 Å². The van der Waals surface area contributed by atoms with Crippen LogP contribution in [0, 0.1) is 0 Å². The number of benzene rings is 2. The average molecular weight is 436 g/mol. The molecule has 3 rings (SSSR count). The molecule has 0 spiro atoms. The predicted octanol–water partition coefficient (Wildman–Crippen LogP) is 4.49. The summed E-state index contributed by atoms with van der Waals surface area (Å²) >= 11 is 3.35. The summed E-state index contributed by atoms with van der Waals surface area (Å²) in [4.78, 5) is -0.245. The molecule has 0 radical (unpaired) electrons. The third-order valence-corrected chi connectivity index (χ3v) is 6.05. The van der Waals surface area contributed by atoms with Crippen molar-refractivity contribution in [1.82, 2.24) is 0 Å². The van der Waals surface area contributed by atoms with Gasteiger partial charge in [0, 0.05) is 17.1 Å². The summed E-state index contributed by atoms with van der Waals surface area (Å²) in [5.41, 5.74) is 1.41. The number of aryl methyl sites for hydroxylation is 1. The van der Waals surface area contributed by atoms with Crippen LogP contribution in [0.3, 0.4) is 0 Å². The number of sulfonamides is 1. The van der Waals surface area contributed by atoms with Gasteiger partial charge in [0.1, 0.15) is 5.75 Å². The molecule has 0 N–H and O–H groups in total. The van der Waals surface area contributed by atoms with Gasteiger partial charge in [-0.1, -0.05) is 22.0 Å². The van der Waals surface area contributed by atoms with Gasteiger partial charge in [0.15, 0.2) is 0 Å². The van der Waals surface area contributed by atoms with E-state index in [0.29, 0.717) is 12.1 Å². The number of anilines is 1. The normalized spacial score (nSPS) is 15.0. The number of alkyl halides is 3. The maximum atomic E-state index is 12.9. The zero-order valence-corrected chi connectivity index (χ0v) is 15.2. The molecule has 2 aromatic carbocycles. The number of halogens is 4. The summed E-state index contributed by atoms with van der Waals surface area (Å²) in [6, 6.07) is 9.69. The molecule has 9 heteroatoms. The lowest BCUT2D eigenvalue weighted by molar-refractivity contribution is -0.274. The van der Waals surface area contributed by atoms with Crippen LogP contribution in [0.5, 0.6) is 5.75 Å². The maximum Gasteiger partial charge on any atom is 0.573 e. The van der Waals surface area contributed by atoms with Crippen LogP contribution in [-0.2, 0) is 16.4 Å². The summed E-state index contributed by atoms with van der Waals surface area (Å²) in [7, 11) is -4.00. The third kappa shape index (κ3) is 3.92. The highest BCUT2D eigenvalue weighted by Gasteiger charge is 2.33. The van der Waals surface area contributed by atoms with E-state index in [2.05, 4.69) is 20.7 Å². The largest absolute Gasteiger partial charge is 0.573 e. The van der Waals surface area contributed by atoms with Crippen LogP contribution in [0.15, 0.2) is 51.8 Å². The van der Waals surface area contributed by atoms with Gasteiger partial charge in [0.2, 0.25) is 0 Å². The first-order chi connectivity index (χ1) is 11.7. The molecule has 0 aromatic heterocycles. The minimum absolute atomic E-state index is 0.245. The molecule has 0 fully saturated rings. The third-order valence-electron chi connectivity index (χ3n) is 3.74. The Hall–Kier alpha value is -1.74. The Balaban J connectivity index is 2.00. The molecule has 1 heterocycles. The molecule has 2 aromatic rings. The Bertz CT molecular complexity index is 900. The SMILES string of the molecule is O=S(=O)(c1cccc(OC(F)(F)F)c1)N1CCCc2cc(Br)ccc21. The fourth-order valence-electron chi connectivity index (χ4n) is 2.74. The molecule has 0 aliphatic carbocycles. The summed E-state index contributed by atoms with van der Waals surface area (Å²) < 4.78 is 68.9. The smallest absolute Gasteiger partial charge is 0.406 e. The molecule has 0 amide bonds. The van der Waals surface area contributed by atoms with Crippen molar-refractivity contribution < 1.29 is 26.3 Å². The molecule has 0 unspecified atom stereocenters. The lowest BCUT2D eigenvalue weighted by atomic mass is 10.0. The molecule has 0 saturated heterocycles. The summed E-state index contributed by atoms with van der Waals surface area (Å²) in [5.74, 6) is -0.568. The topological polar surface area (TPSA) is 46.6 Å². The minimum Gasteiger partial charge on any atom is -0.406 e. The van der Waals surface area contributed by atoms with E-state index >= 15 is 0 Å². The molecule has 1 aliphatic rings. The van der Waals surface area contributed by atoms with E-state index in [1.807, 2.05) is 6.07 Å². The molecule has 0 saturated carbocycles. The molecular weight excluding hydrogens is 423 g/mol. The lowest BCUT2D eigenvalue weighted by Gasteiger charge is -2.30. The summed E-state index contributed by atoms with van der Waals surface area (Å²) in [5, 5.41) is 0. The van der Waals surface area contributed by atoms with Crippen LogP contribution >= 0.6 is 15.9 Å². The zero-order valence-electron chi connectivity index (χ0n) is 12.8. The van der Waals surface area contributed by atoms with Crippen LogP contribution in [0.4, 0.5) is 18.9 Å². The second-order valence-electron chi connectivity index (χ2n) is 5.48. The van der Waals surface area contributed by atoms with E-state index in [0.717, 1.165) is 28.6 Å². The highest BCUT2D eigenvalue weighted by molar-refractivity contribution is 9.10. The highest BCUT2D eigenvalue weighted by Crippen LogP contribution is 2.34. The molecule has 0 atom stereocenters. The first-order valence-corrected chi connectivity index (χ1v) is 9.57. The summed E-state index contributed by atoms with van der Waals surface area (Å²) in [6.45, 7) is 0.265. The van der Waals surface area contributed by atoms with Gasteiger partial charge in [-0.3, -0.25) is 4.31 Å². The molecule has 1 aliphatic heterocycles. The molecular formula is C16H13BrF3NO3S. The van der Waals surface area contributed by atoms with Crippen LogP contribution < -0.4 is 9.04 Å². The number of ether oxygens (including phenoxy) is 1. The van der Waals surface area contributed by atoms with Crippen LogP contribution in [0.2, 0.25) is 0 Å². The first kappa shape index (κ1) is 18.1. The quantitative estimate of drug-likeness (QED) is 0.713. The van der Waals surface area contributed by atoms with E-state index in [9.17, 15) is 21.6 Å². The van der Waals surface area contributed by atoms with Gasteiger partial charge >= 0.3 is 6.36 Å². The fourth-order valence-corrected chi connectivity index (χ4v) is 4.72. The summed E-state index contributed by atoms with van der Waals surface area (Å²) in [6.07, 6.45) is -3.52. The predicted molar refractivity (Wildman–Crippen MR) is 90.1 cm³/mol. The van der Waals surface area contributed by atoms with Crippen LogP contribution in [0.1, 0.15) is 12.0 Å². The van der Waals surface area contributed by atoms with Crippen molar-refractivity contribution in [2.75, 3.05) is 10.8 Å². The number of hydrogen-bond acceptors (Lipinski definition) is 3. The van der Waals surface area contributed by atoms with E-state index < -0.39 is 22.1 Å². The Kier molecular flexibility index (Phi) is 4.72. The van der Waals surface area contributed by atoms with Crippen molar-refractivity contribution in [3.63, 3.8) is 0 Å². The number of rotatable bonds is 3. The van der Waals surface area contributed by atoms with Gasteiger partial charge in [-0.25, -0.2) is 8.42 Å². The number of hydrogen-bond donors (Lipinski definition) is 0. The Morgan fingerprint density at radius 1 is 1.12 bits per heavy atom. The van der Waals surface area contributed by atoms with Crippen molar-refractivity contribution >= 4 is 31.6 Å². The van der Waals surface area contributed by atoms with Crippen molar-refractivity contribution in [3.05, 3.63) is 52.5 Å². The molecule has 0 bridgehead atoms. The van der Waals surface area contributed by atoms with Gasteiger partial charge < -0.3 is 4.74 Å². The zero-order chi connectivity index (χ0) is 18.2. The Morgan fingerprint density at radius 3 is 2.60 bits per heavy atom. The molecule has 4 nitrogen and oxygen atoms in total. The molecule has 134 valence electrons. The van der Waals surface area contributed by atoms with E-state index in [1.54, 1.807) is 12.1 Å². The van der Waals surface area contributed by atoms with E-state index in [1.165, 1.54) is 16.4 Å². The Morgan fingerprint density at radius 2 is 1.88 bits per heavy atom. The number of fused-ring (bicyclic) bond motifs is 1. The molecule has 25 heavy (non-hydrogen) atoms. The maximum absolute atomic E-state index is 12.9. The second-order valence-corrected chi connectivity index (χ2v) is 8.25. The standard InChI is InChI=1S/C16H13BrF3NO3S/c17-12-6-7-15-11(9-12)3-2-8-21(15)25(22,23)14-5-1-4-13(10-14)24-16(18,19)20/h1,4-7,9-10H,2-3,8H2. The van der Waals surface area contributed by atoms with Crippen molar-refractivity contribution in [1.29, 1.82) is 0 Å². The van der Waals surface area contributed by atoms with Crippen molar-refractivity contribution in [2.45, 2.75) is 24.1 Å². The van der Waals surface area contributed by atoms with Gasteiger partial charge in [0.25, 0.3) is 10.0 Å². The van der Waals surface area contributed by atoms with Crippen LogP contribution in [-0.4, -0.2) is 21.3 Å². The fraction of sp³-hybridized carbons (Fsp3) is 0.250. The first-order valence-electron chi connectivity index (χ1n) is 7.34. The monoisotopic (exact) mass is 435 g/mol. The van der Waals surface area contributed by atoms with Crippen molar-refractivity contribution in [3.8, 4) is 5.75 Å². The second kappa shape index (κ2) is 6.53. The number of nitrogens with zero attached hydrogens (tertiary/aromatic N) is 1. The van der Waals surface area contributed by atoms with Gasteiger partial charge in [-0.05, 0) is 48.7 Å². The Labute approximate surface area is 151 Å². The lowest BCUT2D eigenvalue weighted by Crippen LogP contribution is -2.35. The minimum atomic E-state index is -4.88. The van der Waals surface area contributed by atoms with Crippen molar-refractivity contribution in [2.24, 2.45) is 0 Å². The van der Waals surface area contributed by atoms with Crippen LogP contribution in [0.25, 0.3) is 0 Å². The van der Waals surface area contributed by atoms with E-state index in [4.69, 9.17) is 0 Å². The highest BCUT2D eigenvalue weighted by atomic mass is 79.9.